The maximum Gasteiger partial charge on any atom is 0.139 e. The number of hydrogen-bond donors (Lipinski definition) is 0. The van der Waals surface area contributed by atoms with Gasteiger partial charge in [0.1, 0.15) is 5.82 Å². The van der Waals surface area contributed by atoms with Crippen molar-refractivity contribution in [2.75, 3.05) is 6.61 Å². The van der Waals surface area contributed by atoms with E-state index in [0.29, 0.717) is 6.61 Å². The van der Waals surface area contributed by atoms with Crippen molar-refractivity contribution in [2.45, 2.75) is 32.9 Å². The maximum atomic E-state index is 5.76. The zero-order chi connectivity index (χ0) is 13.9. The van der Waals surface area contributed by atoms with E-state index in [9.17, 15) is 0 Å². The summed E-state index contributed by atoms with van der Waals surface area (Å²) in [5.41, 5.74) is 1.05. The molecule has 0 saturated heterocycles. The molecule has 0 spiro atoms. The van der Waals surface area contributed by atoms with Gasteiger partial charge in [0.15, 0.2) is 0 Å². The standard InChI is InChI=1S/C15H19IN2O/c1-15(2,3)19-11-10-18-9-8-17-14(18)12-4-6-13(16)7-5-12/h4-9H,10-11H2,1-3H3. The Bertz CT molecular complexity index is 526. The molecule has 0 amide bonds. The molecule has 0 saturated carbocycles. The number of aromatic nitrogens is 2. The fourth-order valence-electron chi connectivity index (χ4n) is 1.80. The molecule has 0 radical (unpaired) electrons. The molecule has 1 heterocycles. The van der Waals surface area contributed by atoms with Gasteiger partial charge in [-0.3, -0.25) is 0 Å². The average Bonchev–Trinajstić information content (AvgIpc) is 2.77. The third kappa shape index (κ3) is 4.31. The number of imidazole rings is 1. The molecule has 0 atom stereocenters. The minimum Gasteiger partial charge on any atom is -0.374 e. The number of hydrogen-bond acceptors (Lipinski definition) is 2. The number of benzene rings is 1. The molecule has 19 heavy (non-hydrogen) atoms. The van der Waals surface area contributed by atoms with E-state index in [4.69, 9.17) is 4.74 Å². The molecular formula is C15H19IN2O. The minimum absolute atomic E-state index is 0.0936. The molecule has 2 rings (SSSR count). The van der Waals surface area contributed by atoms with Crippen LogP contribution in [0.5, 0.6) is 0 Å². The van der Waals surface area contributed by atoms with Gasteiger partial charge in [-0.15, -0.1) is 0 Å². The largest absolute Gasteiger partial charge is 0.374 e. The normalized spacial score (nSPS) is 11.8. The molecule has 4 heteroatoms. The summed E-state index contributed by atoms with van der Waals surface area (Å²) >= 11 is 2.31. The third-order valence-corrected chi connectivity index (χ3v) is 3.40. The lowest BCUT2D eigenvalue weighted by atomic mass is 10.2. The molecule has 0 aliphatic carbocycles. The van der Waals surface area contributed by atoms with Crippen molar-refractivity contribution in [2.24, 2.45) is 0 Å². The Labute approximate surface area is 128 Å². The Morgan fingerprint density at radius 1 is 1.21 bits per heavy atom. The molecule has 1 aromatic heterocycles. The molecule has 2 aromatic rings. The lowest BCUT2D eigenvalue weighted by Gasteiger charge is -2.20. The predicted molar refractivity (Wildman–Crippen MR) is 86.1 cm³/mol. The quantitative estimate of drug-likeness (QED) is 0.762. The molecule has 1 aromatic carbocycles. The summed E-state index contributed by atoms with van der Waals surface area (Å²) in [5, 5.41) is 0. The van der Waals surface area contributed by atoms with E-state index < -0.39 is 0 Å². The summed E-state index contributed by atoms with van der Waals surface area (Å²) < 4.78 is 9.13. The van der Waals surface area contributed by atoms with Crippen LogP contribution in [-0.2, 0) is 11.3 Å². The second kappa shape index (κ2) is 6.05. The molecule has 0 aliphatic heterocycles. The number of ether oxygens (including phenoxy) is 1. The smallest absolute Gasteiger partial charge is 0.139 e. The highest BCUT2D eigenvalue weighted by Crippen LogP contribution is 2.19. The van der Waals surface area contributed by atoms with Gasteiger partial charge in [0.05, 0.1) is 12.2 Å². The summed E-state index contributed by atoms with van der Waals surface area (Å²) in [6, 6.07) is 8.40. The van der Waals surface area contributed by atoms with Gasteiger partial charge >= 0.3 is 0 Å². The van der Waals surface area contributed by atoms with Crippen LogP contribution in [0.2, 0.25) is 0 Å². The fourth-order valence-corrected chi connectivity index (χ4v) is 2.16. The van der Waals surface area contributed by atoms with Crippen molar-refractivity contribution in [3.8, 4) is 11.4 Å². The van der Waals surface area contributed by atoms with Crippen LogP contribution in [0.1, 0.15) is 20.8 Å². The van der Waals surface area contributed by atoms with E-state index in [1.54, 1.807) is 0 Å². The average molecular weight is 370 g/mol. The van der Waals surface area contributed by atoms with Crippen molar-refractivity contribution in [1.82, 2.24) is 9.55 Å². The molecule has 0 N–H and O–H groups in total. The van der Waals surface area contributed by atoms with Gasteiger partial charge in [-0.2, -0.15) is 0 Å². The summed E-state index contributed by atoms with van der Waals surface area (Å²) in [7, 11) is 0. The predicted octanol–water partition coefficient (Wildman–Crippen LogP) is 3.97. The van der Waals surface area contributed by atoms with Crippen LogP contribution in [0.15, 0.2) is 36.7 Å². The third-order valence-electron chi connectivity index (χ3n) is 2.69. The van der Waals surface area contributed by atoms with Gasteiger partial charge in [0.2, 0.25) is 0 Å². The van der Waals surface area contributed by atoms with Crippen molar-refractivity contribution in [3.05, 3.63) is 40.2 Å². The van der Waals surface area contributed by atoms with Gasteiger partial charge in [-0.1, -0.05) is 12.1 Å². The van der Waals surface area contributed by atoms with Gasteiger partial charge in [0.25, 0.3) is 0 Å². The van der Waals surface area contributed by atoms with Crippen LogP contribution < -0.4 is 0 Å². The van der Waals surface area contributed by atoms with Gasteiger partial charge in [-0.25, -0.2) is 4.98 Å². The first-order valence-corrected chi connectivity index (χ1v) is 7.45. The Morgan fingerprint density at radius 2 is 1.89 bits per heavy atom. The van der Waals surface area contributed by atoms with Crippen LogP contribution in [0, 0.1) is 3.57 Å². The highest BCUT2D eigenvalue weighted by molar-refractivity contribution is 14.1. The second-order valence-corrected chi connectivity index (χ2v) is 6.66. The first kappa shape index (κ1) is 14.5. The van der Waals surface area contributed by atoms with Crippen molar-refractivity contribution < 1.29 is 4.74 Å². The first-order chi connectivity index (χ1) is 8.96. The summed E-state index contributed by atoms with van der Waals surface area (Å²) in [5.74, 6) is 0.994. The monoisotopic (exact) mass is 370 g/mol. The van der Waals surface area contributed by atoms with E-state index in [0.717, 1.165) is 17.9 Å². The highest BCUT2D eigenvalue weighted by Gasteiger charge is 2.11. The van der Waals surface area contributed by atoms with E-state index >= 15 is 0 Å². The topological polar surface area (TPSA) is 27.1 Å². The molecule has 0 fully saturated rings. The lowest BCUT2D eigenvalue weighted by molar-refractivity contribution is -0.00669. The van der Waals surface area contributed by atoms with Gasteiger partial charge in [0, 0.05) is 28.1 Å². The molecule has 0 aliphatic rings. The molecule has 3 nitrogen and oxygen atoms in total. The van der Waals surface area contributed by atoms with Crippen LogP contribution in [-0.4, -0.2) is 21.8 Å². The Morgan fingerprint density at radius 3 is 2.53 bits per heavy atom. The molecule has 0 unspecified atom stereocenters. The van der Waals surface area contributed by atoms with Crippen LogP contribution >= 0.6 is 22.6 Å². The summed E-state index contributed by atoms with van der Waals surface area (Å²) in [6.07, 6.45) is 3.84. The first-order valence-electron chi connectivity index (χ1n) is 6.37. The number of rotatable bonds is 4. The Hall–Kier alpha value is -0.880. The van der Waals surface area contributed by atoms with Crippen LogP contribution in [0.3, 0.4) is 0 Å². The van der Waals surface area contributed by atoms with Crippen molar-refractivity contribution >= 4 is 22.6 Å². The lowest BCUT2D eigenvalue weighted by Crippen LogP contribution is -2.21. The summed E-state index contributed by atoms with van der Waals surface area (Å²) in [4.78, 5) is 4.44. The Kier molecular flexibility index (Phi) is 4.62. The van der Waals surface area contributed by atoms with E-state index in [-0.39, 0.29) is 5.60 Å². The van der Waals surface area contributed by atoms with Gasteiger partial charge in [-0.05, 0) is 55.5 Å². The maximum absolute atomic E-state index is 5.76. The van der Waals surface area contributed by atoms with E-state index in [1.807, 2.05) is 12.4 Å². The van der Waals surface area contributed by atoms with Gasteiger partial charge < -0.3 is 9.30 Å². The van der Waals surface area contributed by atoms with Crippen LogP contribution in [0.4, 0.5) is 0 Å². The SMILES string of the molecule is CC(C)(C)OCCn1ccnc1-c1ccc(I)cc1. The zero-order valence-corrected chi connectivity index (χ0v) is 13.7. The highest BCUT2D eigenvalue weighted by atomic mass is 127. The Balaban J connectivity index is 2.07. The fraction of sp³-hybridized carbons (Fsp3) is 0.400. The van der Waals surface area contributed by atoms with Crippen molar-refractivity contribution in [3.63, 3.8) is 0 Å². The second-order valence-electron chi connectivity index (χ2n) is 5.41. The van der Waals surface area contributed by atoms with Crippen molar-refractivity contribution in [1.29, 1.82) is 0 Å². The van der Waals surface area contributed by atoms with E-state index in [2.05, 4.69) is 77.2 Å². The zero-order valence-electron chi connectivity index (χ0n) is 11.6. The van der Waals surface area contributed by atoms with E-state index in [1.165, 1.54) is 3.57 Å². The summed E-state index contributed by atoms with van der Waals surface area (Å²) in [6.45, 7) is 7.72. The molecule has 0 bridgehead atoms. The minimum atomic E-state index is -0.0936. The number of halogens is 1. The molecule has 102 valence electrons. The van der Waals surface area contributed by atoms with Crippen LogP contribution in [0.25, 0.3) is 11.4 Å². The number of nitrogens with zero attached hydrogens (tertiary/aromatic N) is 2. The molecular weight excluding hydrogens is 351 g/mol.